The number of carbonyl (C=O) groups excluding carboxylic acids is 1. The van der Waals surface area contributed by atoms with Crippen molar-refractivity contribution in [3.63, 3.8) is 0 Å². The number of hydrogen-bond acceptors (Lipinski definition) is 3. The molecule has 0 amide bonds. The smallest absolute Gasteiger partial charge is 0.302 e. The van der Waals surface area contributed by atoms with E-state index in [1.807, 2.05) is 0 Å². The van der Waals surface area contributed by atoms with Gasteiger partial charge in [-0.3, -0.25) is 4.79 Å². The van der Waals surface area contributed by atoms with Crippen LogP contribution < -0.4 is 5.32 Å². The van der Waals surface area contributed by atoms with Gasteiger partial charge in [-0.2, -0.15) is 0 Å². The van der Waals surface area contributed by atoms with Gasteiger partial charge < -0.3 is 10.1 Å². The fourth-order valence-electron chi connectivity index (χ4n) is 2.31. The van der Waals surface area contributed by atoms with E-state index in [1.165, 1.54) is 20.0 Å². The molecule has 0 bridgehead atoms. The lowest BCUT2D eigenvalue weighted by Crippen LogP contribution is -2.15. The number of piperidine rings is 1. The van der Waals surface area contributed by atoms with Crippen molar-refractivity contribution in [3.8, 4) is 0 Å². The van der Waals surface area contributed by atoms with E-state index in [0.29, 0.717) is 6.61 Å². The van der Waals surface area contributed by atoms with Crippen molar-refractivity contribution < 1.29 is 9.53 Å². The van der Waals surface area contributed by atoms with Gasteiger partial charge in [-0.15, -0.1) is 0 Å². The van der Waals surface area contributed by atoms with E-state index >= 15 is 0 Å². The van der Waals surface area contributed by atoms with Crippen molar-refractivity contribution in [3.05, 3.63) is 0 Å². The first-order valence-electron chi connectivity index (χ1n) is 4.63. The largest absolute Gasteiger partial charge is 0.466 e. The first kappa shape index (κ1) is 8.05. The van der Waals surface area contributed by atoms with Gasteiger partial charge >= 0.3 is 5.97 Å². The molecule has 0 unspecified atom stereocenters. The molecular formula is C9H15NO2. The van der Waals surface area contributed by atoms with Crippen LogP contribution in [0.15, 0.2) is 0 Å². The molecule has 68 valence electrons. The number of fused-ring (bicyclic) bond motifs is 1. The van der Waals surface area contributed by atoms with Crippen molar-refractivity contribution >= 4 is 5.97 Å². The Morgan fingerprint density at radius 1 is 1.50 bits per heavy atom. The van der Waals surface area contributed by atoms with Gasteiger partial charge in [0, 0.05) is 6.92 Å². The monoisotopic (exact) mass is 169 g/mol. The van der Waals surface area contributed by atoms with Crippen LogP contribution in [0.25, 0.3) is 0 Å². The highest BCUT2D eigenvalue weighted by atomic mass is 16.5. The highest BCUT2D eigenvalue weighted by Gasteiger charge is 2.51. The molecule has 2 fully saturated rings. The van der Waals surface area contributed by atoms with Gasteiger partial charge in [0.05, 0.1) is 6.61 Å². The average molecular weight is 169 g/mol. The lowest BCUT2D eigenvalue weighted by atomic mass is 10.2. The molecule has 2 aliphatic rings. The minimum Gasteiger partial charge on any atom is -0.466 e. The number of ether oxygens (including phenoxy) is 1. The van der Waals surface area contributed by atoms with Crippen LogP contribution in [0.2, 0.25) is 0 Å². The number of esters is 1. The molecular weight excluding hydrogens is 154 g/mol. The fraction of sp³-hybridized carbons (Fsp3) is 0.889. The van der Waals surface area contributed by atoms with Gasteiger partial charge in [0.1, 0.15) is 0 Å². The summed E-state index contributed by atoms with van der Waals surface area (Å²) < 4.78 is 4.90. The molecule has 1 N–H and O–H groups in total. The molecule has 1 saturated carbocycles. The lowest BCUT2D eigenvalue weighted by molar-refractivity contribution is -0.141. The van der Waals surface area contributed by atoms with Crippen molar-refractivity contribution in [2.24, 2.45) is 17.8 Å². The quantitative estimate of drug-likeness (QED) is 0.622. The Bertz CT molecular complexity index is 183. The highest BCUT2D eigenvalue weighted by molar-refractivity contribution is 5.65. The summed E-state index contributed by atoms with van der Waals surface area (Å²) in [7, 11) is 0. The minimum absolute atomic E-state index is 0.154. The molecule has 2 rings (SSSR count). The predicted molar refractivity (Wildman–Crippen MR) is 44.6 cm³/mol. The molecule has 0 radical (unpaired) electrons. The summed E-state index contributed by atoms with van der Waals surface area (Å²) >= 11 is 0. The third-order valence-electron chi connectivity index (χ3n) is 3.03. The average Bonchev–Trinajstić information content (AvgIpc) is 2.49. The Morgan fingerprint density at radius 3 is 2.75 bits per heavy atom. The molecule has 1 aliphatic heterocycles. The minimum atomic E-state index is -0.154. The van der Waals surface area contributed by atoms with Crippen LogP contribution in [-0.2, 0) is 9.53 Å². The van der Waals surface area contributed by atoms with E-state index in [1.54, 1.807) is 0 Å². The summed E-state index contributed by atoms with van der Waals surface area (Å²) in [5, 5.41) is 3.34. The third-order valence-corrected chi connectivity index (χ3v) is 3.03. The maximum absolute atomic E-state index is 10.5. The van der Waals surface area contributed by atoms with Gasteiger partial charge in [0.25, 0.3) is 0 Å². The van der Waals surface area contributed by atoms with E-state index in [4.69, 9.17) is 4.74 Å². The van der Waals surface area contributed by atoms with Crippen molar-refractivity contribution in [2.45, 2.75) is 13.3 Å². The second-order valence-electron chi connectivity index (χ2n) is 3.78. The molecule has 0 aromatic heterocycles. The standard InChI is InChI=1S/C9H15NO2/c1-6(11)12-3-2-7-8-4-10-5-9(7)8/h7-10H,2-5H2,1H3/t7-,8+,9-. The molecule has 3 heteroatoms. The number of carbonyl (C=O) groups is 1. The zero-order valence-electron chi connectivity index (χ0n) is 7.38. The summed E-state index contributed by atoms with van der Waals surface area (Å²) in [6.45, 7) is 4.44. The Balaban J connectivity index is 1.61. The molecule has 0 aromatic carbocycles. The summed E-state index contributed by atoms with van der Waals surface area (Å²) in [5.41, 5.74) is 0. The molecule has 1 heterocycles. The fourth-order valence-corrected chi connectivity index (χ4v) is 2.31. The first-order chi connectivity index (χ1) is 5.79. The van der Waals surface area contributed by atoms with Gasteiger partial charge in [0.2, 0.25) is 0 Å². The van der Waals surface area contributed by atoms with Gasteiger partial charge in [-0.25, -0.2) is 0 Å². The van der Waals surface area contributed by atoms with Crippen LogP contribution in [0.3, 0.4) is 0 Å². The maximum Gasteiger partial charge on any atom is 0.302 e. The van der Waals surface area contributed by atoms with Crippen molar-refractivity contribution in [1.29, 1.82) is 0 Å². The van der Waals surface area contributed by atoms with E-state index < -0.39 is 0 Å². The first-order valence-corrected chi connectivity index (χ1v) is 4.63. The Hall–Kier alpha value is -0.570. The highest BCUT2D eigenvalue weighted by Crippen LogP contribution is 2.50. The lowest BCUT2D eigenvalue weighted by Gasteiger charge is -2.03. The molecule has 3 nitrogen and oxygen atoms in total. The number of rotatable bonds is 3. The van der Waals surface area contributed by atoms with Crippen molar-refractivity contribution in [1.82, 2.24) is 5.32 Å². The van der Waals surface area contributed by atoms with Crippen LogP contribution in [0.1, 0.15) is 13.3 Å². The number of hydrogen-bond donors (Lipinski definition) is 1. The molecule has 1 saturated heterocycles. The SMILES string of the molecule is CC(=O)OCC[C@H]1[C@H]2CNC[C@@H]12. The molecule has 12 heavy (non-hydrogen) atoms. The Morgan fingerprint density at radius 2 is 2.17 bits per heavy atom. The summed E-state index contributed by atoms with van der Waals surface area (Å²) in [6.07, 6.45) is 1.07. The van der Waals surface area contributed by atoms with Gasteiger partial charge in [0.15, 0.2) is 0 Å². The second-order valence-corrected chi connectivity index (χ2v) is 3.78. The topological polar surface area (TPSA) is 38.3 Å². The third kappa shape index (κ3) is 1.46. The second kappa shape index (κ2) is 3.05. The zero-order chi connectivity index (χ0) is 8.55. The van der Waals surface area contributed by atoms with E-state index in [0.717, 1.165) is 24.2 Å². The summed E-state index contributed by atoms with van der Waals surface area (Å²) in [6, 6.07) is 0. The van der Waals surface area contributed by atoms with Gasteiger partial charge in [-0.05, 0) is 37.3 Å². The summed E-state index contributed by atoms with van der Waals surface area (Å²) in [4.78, 5) is 10.5. The van der Waals surface area contributed by atoms with Crippen LogP contribution in [0, 0.1) is 17.8 Å². The summed E-state index contributed by atoms with van der Waals surface area (Å²) in [5.74, 6) is 2.46. The predicted octanol–water partition coefficient (Wildman–Crippen LogP) is 0.405. The van der Waals surface area contributed by atoms with Crippen LogP contribution in [0.4, 0.5) is 0 Å². The Labute approximate surface area is 72.5 Å². The maximum atomic E-state index is 10.5. The van der Waals surface area contributed by atoms with Crippen molar-refractivity contribution in [2.75, 3.05) is 19.7 Å². The number of nitrogens with one attached hydrogen (secondary N) is 1. The normalized spacial score (nSPS) is 37.6. The molecule has 0 aromatic rings. The van der Waals surface area contributed by atoms with Crippen LogP contribution >= 0.6 is 0 Å². The zero-order valence-corrected chi connectivity index (χ0v) is 7.38. The van der Waals surface area contributed by atoms with Gasteiger partial charge in [-0.1, -0.05) is 0 Å². The molecule has 0 spiro atoms. The van der Waals surface area contributed by atoms with E-state index in [9.17, 15) is 4.79 Å². The molecule has 1 aliphatic carbocycles. The van der Waals surface area contributed by atoms with E-state index in [-0.39, 0.29) is 5.97 Å². The Kier molecular flexibility index (Phi) is 2.05. The van der Waals surface area contributed by atoms with Crippen LogP contribution in [0.5, 0.6) is 0 Å². The van der Waals surface area contributed by atoms with Crippen LogP contribution in [-0.4, -0.2) is 25.7 Å². The van der Waals surface area contributed by atoms with E-state index in [2.05, 4.69) is 5.32 Å². The molecule has 3 atom stereocenters.